The first-order valence-electron chi connectivity index (χ1n) is 6.57. The molecule has 2 N–H and O–H groups in total. The number of hydrogen-bond donors (Lipinski definition) is 1. The maximum Gasteiger partial charge on any atom is 0.403 e. The van der Waals surface area contributed by atoms with E-state index in [-0.39, 0.29) is 63.4 Å². The van der Waals surface area contributed by atoms with Gasteiger partial charge in [0.1, 0.15) is 16.7 Å². The molecule has 0 aliphatic carbocycles. The van der Waals surface area contributed by atoms with Gasteiger partial charge in [0.05, 0.1) is 0 Å². The average Bonchev–Trinajstić information content (AvgIpc) is 2.94. The molecule has 1 atom stereocenters. The number of alkyl halides is 3. The third-order valence-corrected chi connectivity index (χ3v) is 4.44. The summed E-state index contributed by atoms with van der Waals surface area (Å²) in [5, 5.41) is 2.30. The second-order valence-electron chi connectivity index (χ2n) is 4.88. The van der Waals surface area contributed by atoms with Gasteiger partial charge in [0.15, 0.2) is 0 Å². The van der Waals surface area contributed by atoms with E-state index in [0.29, 0.717) is 10.7 Å². The van der Waals surface area contributed by atoms with E-state index in [1.807, 2.05) is 0 Å². The highest BCUT2D eigenvalue weighted by molar-refractivity contribution is 7.09. The summed E-state index contributed by atoms with van der Waals surface area (Å²) in [5.74, 6) is -0.245. The fourth-order valence-corrected chi connectivity index (χ4v) is 2.83. The third kappa shape index (κ3) is 5.46. The van der Waals surface area contributed by atoms with Gasteiger partial charge in [-0.1, -0.05) is 0 Å². The smallest absolute Gasteiger partial charge is 0.335 e. The Morgan fingerprint density at radius 3 is 2.35 bits per heavy atom. The number of hydrogen-bond acceptors (Lipinski definition) is 5. The zero-order valence-electron chi connectivity index (χ0n) is 12.4. The van der Waals surface area contributed by atoms with Gasteiger partial charge in [-0.3, -0.25) is 9.69 Å². The van der Waals surface area contributed by atoms with Crippen molar-refractivity contribution in [1.29, 1.82) is 0 Å². The predicted octanol–water partition coefficient (Wildman–Crippen LogP) is 2.15. The standard InChI is InChI=1S/C12H17F3N4OS.2ClH/c1-8(12(13,14)15)18-2-4-19(5-3-18)11(20)9-7-21-10(6-16)17-9;;/h7-8H,2-6,16H2,1H3;2*1H. The summed E-state index contributed by atoms with van der Waals surface area (Å²) in [6.45, 7) is 2.38. The number of piperazine rings is 1. The van der Waals surface area contributed by atoms with E-state index in [1.54, 1.807) is 5.38 Å². The fraction of sp³-hybridized carbons (Fsp3) is 0.667. The topological polar surface area (TPSA) is 62.5 Å². The first-order valence-corrected chi connectivity index (χ1v) is 7.45. The van der Waals surface area contributed by atoms with Crippen LogP contribution in [0.4, 0.5) is 13.2 Å². The molecular formula is C12H19Cl2F3N4OS. The van der Waals surface area contributed by atoms with Crippen LogP contribution in [0.5, 0.6) is 0 Å². The summed E-state index contributed by atoms with van der Waals surface area (Å²) in [7, 11) is 0. The van der Waals surface area contributed by atoms with Gasteiger partial charge in [0.2, 0.25) is 0 Å². The largest absolute Gasteiger partial charge is 0.403 e. The number of carbonyl (C=O) groups excluding carboxylic acids is 1. The number of carbonyl (C=O) groups is 1. The molecule has 2 heterocycles. The molecule has 0 aromatic carbocycles. The van der Waals surface area contributed by atoms with Crippen molar-refractivity contribution in [1.82, 2.24) is 14.8 Å². The SMILES string of the molecule is CC(N1CCN(C(=O)c2csc(CN)n2)CC1)C(F)(F)F.Cl.Cl. The van der Waals surface area contributed by atoms with Crippen molar-refractivity contribution in [3.8, 4) is 0 Å². The molecule has 1 aliphatic heterocycles. The van der Waals surface area contributed by atoms with Crippen molar-refractivity contribution >= 4 is 42.1 Å². The Balaban J connectivity index is 0.00000242. The Hall–Kier alpha value is -0.610. The number of amides is 1. The normalized spacial score (nSPS) is 17.2. The van der Waals surface area contributed by atoms with Gasteiger partial charge in [0, 0.05) is 38.1 Å². The van der Waals surface area contributed by atoms with Gasteiger partial charge in [-0.25, -0.2) is 4.98 Å². The number of thiazole rings is 1. The summed E-state index contributed by atoms with van der Waals surface area (Å²) < 4.78 is 38.0. The van der Waals surface area contributed by atoms with E-state index >= 15 is 0 Å². The lowest BCUT2D eigenvalue weighted by Crippen LogP contribution is -2.54. The molecule has 1 amide bonds. The summed E-state index contributed by atoms with van der Waals surface area (Å²) >= 11 is 1.31. The number of aromatic nitrogens is 1. The van der Waals surface area contributed by atoms with E-state index in [1.165, 1.54) is 21.1 Å². The van der Waals surface area contributed by atoms with Crippen molar-refractivity contribution < 1.29 is 18.0 Å². The van der Waals surface area contributed by atoms with Crippen molar-refractivity contribution in [2.75, 3.05) is 26.2 Å². The minimum Gasteiger partial charge on any atom is -0.335 e. The lowest BCUT2D eigenvalue weighted by Gasteiger charge is -2.38. The minimum absolute atomic E-state index is 0. The molecule has 1 unspecified atom stereocenters. The van der Waals surface area contributed by atoms with E-state index < -0.39 is 12.2 Å². The molecule has 2 rings (SSSR count). The summed E-state index contributed by atoms with van der Waals surface area (Å²) in [6, 6.07) is -1.49. The van der Waals surface area contributed by atoms with Crippen LogP contribution in [-0.4, -0.2) is 59.1 Å². The van der Waals surface area contributed by atoms with Crippen LogP contribution in [0.2, 0.25) is 0 Å². The highest BCUT2D eigenvalue weighted by atomic mass is 35.5. The van der Waals surface area contributed by atoms with Crippen LogP contribution >= 0.6 is 36.2 Å². The van der Waals surface area contributed by atoms with Crippen molar-refractivity contribution in [2.45, 2.75) is 25.7 Å². The fourth-order valence-electron chi connectivity index (χ4n) is 2.18. The first kappa shape index (κ1) is 22.4. The quantitative estimate of drug-likeness (QED) is 0.852. The molecule has 1 saturated heterocycles. The van der Waals surface area contributed by atoms with Crippen LogP contribution in [0, 0.1) is 0 Å². The molecule has 0 spiro atoms. The lowest BCUT2D eigenvalue weighted by atomic mass is 10.2. The Morgan fingerprint density at radius 2 is 1.91 bits per heavy atom. The Bertz CT molecular complexity index is 507. The maximum atomic E-state index is 12.7. The van der Waals surface area contributed by atoms with Crippen LogP contribution in [0.3, 0.4) is 0 Å². The Morgan fingerprint density at radius 1 is 1.35 bits per heavy atom. The number of nitrogens with two attached hydrogens (primary N) is 1. The van der Waals surface area contributed by atoms with E-state index in [4.69, 9.17) is 5.73 Å². The third-order valence-electron chi connectivity index (χ3n) is 3.57. The molecule has 134 valence electrons. The zero-order chi connectivity index (χ0) is 15.6. The molecule has 0 bridgehead atoms. The molecule has 1 fully saturated rings. The Labute approximate surface area is 148 Å². The average molecular weight is 395 g/mol. The number of rotatable bonds is 3. The van der Waals surface area contributed by atoms with Gasteiger partial charge < -0.3 is 10.6 Å². The summed E-state index contributed by atoms with van der Waals surface area (Å²) in [5.41, 5.74) is 5.76. The van der Waals surface area contributed by atoms with Crippen LogP contribution in [0.1, 0.15) is 22.4 Å². The molecule has 1 aromatic rings. The molecule has 0 saturated carbocycles. The van der Waals surface area contributed by atoms with Crippen LogP contribution < -0.4 is 5.73 Å². The molecule has 1 aliphatic rings. The summed E-state index contributed by atoms with van der Waals surface area (Å²) in [4.78, 5) is 19.2. The van der Waals surface area contributed by atoms with Crippen LogP contribution in [-0.2, 0) is 6.54 Å². The predicted molar refractivity (Wildman–Crippen MR) is 87.5 cm³/mol. The second-order valence-corrected chi connectivity index (χ2v) is 5.82. The van der Waals surface area contributed by atoms with Crippen molar-refractivity contribution in [3.63, 3.8) is 0 Å². The monoisotopic (exact) mass is 394 g/mol. The molecule has 11 heteroatoms. The molecule has 23 heavy (non-hydrogen) atoms. The van der Waals surface area contributed by atoms with E-state index in [0.717, 1.165) is 6.92 Å². The zero-order valence-corrected chi connectivity index (χ0v) is 14.8. The Kier molecular flexibility index (Phi) is 8.79. The van der Waals surface area contributed by atoms with Gasteiger partial charge in [-0.2, -0.15) is 13.2 Å². The second kappa shape index (κ2) is 9.03. The van der Waals surface area contributed by atoms with Gasteiger partial charge >= 0.3 is 6.18 Å². The van der Waals surface area contributed by atoms with E-state index in [2.05, 4.69) is 4.98 Å². The van der Waals surface area contributed by atoms with Gasteiger partial charge in [-0.05, 0) is 6.92 Å². The first-order chi connectivity index (χ1) is 9.82. The molecule has 5 nitrogen and oxygen atoms in total. The minimum atomic E-state index is -4.24. The maximum absolute atomic E-state index is 12.7. The van der Waals surface area contributed by atoms with Crippen molar-refractivity contribution in [2.24, 2.45) is 5.73 Å². The van der Waals surface area contributed by atoms with Gasteiger partial charge in [-0.15, -0.1) is 36.2 Å². The molecule has 1 aromatic heterocycles. The van der Waals surface area contributed by atoms with E-state index in [9.17, 15) is 18.0 Å². The molecular weight excluding hydrogens is 376 g/mol. The lowest BCUT2D eigenvalue weighted by molar-refractivity contribution is -0.181. The highest BCUT2D eigenvalue weighted by Gasteiger charge is 2.41. The summed E-state index contributed by atoms with van der Waals surface area (Å²) in [6.07, 6.45) is -4.24. The van der Waals surface area contributed by atoms with Gasteiger partial charge in [0.25, 0.3) is 5.91 Å². The van der Waals surface area contributed by atoms with Crippen molar-refractivity contribution in [3.05, 3.63) is 16.1 Å². The van der Waals surface area contributed by atoms with Crippen LogP contribution in [0.25, 0.3) is 0 Å². The number of halogens is 5. The highest BCUT2D eigenvalue weighted by Crippen LogP contribution is 2.25. The molecule has 0 radical (unpaired) electrons. The van der Waals surface area contributed by atoms with Crippen LogP contribution in [0.15, 0.2) is 5.38 Å². The number of nitrogens with zero attached hydrogens (tertiary/aromatic N) is 3.